The van der Waals surface area contributed by atoms with Gasteiger partial charge in [-0.2, -0.15) is 0 Å². The van der Waals surface area contributed by atoms with E-state index in [-0.39, 0.29) is 24.3 Å². The molecule has 0 aromatic heterocycles. The molecule has 0 spiro atoms. The largest absolute Gasteiger partial charge is 0.290 e. The van der Waals surface area contributed by atoms with E-state index in [0.717, 1.165) is 25.7 Å². The Morgan fingerprint density at radius 1 is 1.20 bits per heavy atom. The van der Waals surface area contributed by atoms with Crippen molar-refractivity contribution in [2.75, 3.05) is 0 Å². The highest BCUT2D eigenvalue weighted by Gasteiger charge is 2.43. The van der Waals surface area contributed by atoms with Gasteiger partial charge in [0.1, 0.15) is 0 Å². The fourth-order valence-electron chi connectivity index (χ4n) is 3.14. The van der Waals surface area contributed by atoms with Crippen molar-refractivity contribution in [1.82, 2.24) is 10.2 Å². The molecule has 1 N–H and O–H groups in total. The molecule has 1 unspecified atom stereocenters. The predicted molar refractivity (Wildman–Crippen MR) is 77.8 cm³/mol. The van der Waals surface area contributed by atoms with E-state index < -0.39 is 11.6 Å². The van der Waals surface area contributed by atoms with E-state index in [0.29, 0.717) is 0 Å². The van der Waals surface area contributed by atoms with Crippen LogP contribution in [0.5, 0.6) is 0 Å². The molecule has 1 heterocycles. The first-order valence-corrected chi connectivity index (χ1v) is 7.56. The molecule has 0 bridgehead atoms. The van der Waals surface area contributed by atoms with Crippen LogP contribution in [0, 0.1) is 12.3 Å². The Kier molecular flexibility index (Phi) is 4.49. The number of amides is 2. The van der Waals surface area contributed by atoms with Gasteiger partial charge >= 0.3 is 0 Å². The summed E-state index contributed by atoms with van der Waals surface area (Å²) in [4.78, 5) is 26.2. The maximum Gasteiger partial charge on any atom is 0.247 e. The SMILES string of the molecule is C#CC(C)(C)NC1CC(=O)N(C2CCCCCC2)C1=O. The molecule has 2 fully saturated rings. The van der Waals surface area contributed by atoms with Gasteiger partial charge in [-0.1, -0.05) is 31.6 Å². The molecule has 4 nitrogen and oxygen atoms in total. The molecule has 1 saturated heterocycles. The van der Waals surface area contributed by atoms with Gasteiger partial charge in [0.25, 0.3) is 0 Å². The number of nitrogens with zero attached hydrogens (tertiary/aromatic N) is 1. The van der Waals surface area contributed by atoms with E-state index in [4.69, 9.17) is 6.42 Å². The Morgan fingerprint density at radius 3 is 2.35 bits per heavy atom. The van der Waals surface area contributed by atoms with Crippen molar-refractivity contribution in [2.45, 2.75) is 76.4 Å². The molecule has 110 valence electrons. The summed E-state index contributed by atoms with van der Waals surface area (Å²) in [6.07, 6.45) is 12.2. The Balaban J connectivity index is 2.07. The second-order valence-electron chi connectivity index (χ2n) is 6.42. The predicted octanol–water partition coefficient (Wildman–Crippen LogP) is 1.84. The first kappa shape index (κ1) is 15.1. The van der Waals surface area contributed by atoms with E-state index in [1.54, 1.807) is 0 Å². The maximum absolute atomic E-state index is 12.5. The molecule has 4 heteroatoms. The Labute approximate surface area is 121 Å². The van der Waals surface area contributed by atoms with Crippen LogP contribution in [-0.4, -0.2) is 34.3 Å². The first-order valence-electron chi connectivity index (χ1n) is 7.56. The van der Waals surface area contributed by atoms with Gasteiger partial charge in [0.2, 0.25) is 11.8 Å². The molecular weight excluding hydrogens is 252 g/mol. The summed E-state index contributed by atoms with van der Waals surface area (Å²) in [5.74, 6) is 2.47. The first-order chi connectivity index (χ1) is 9.44. The van der Waals surface area contributed by atoms with Crippen molar-refractivity contribution in [2.24, 2.45) is 0 Å². The summed E-state index contributed by atoms with van der Waals surface area (Å²) in [7, 11) is 0. The summed E-state index contributed by atoms with van der Waals surface area (Å²) in [5.41, 5.74) is -0.569. The van der Waals surface area contributed by atoms with E-state index in [2.05, 4.69) is 11.2 Å². The zero-order chi connectivity index (χ0) is 14.8. The van der Waals surface area contributed by atoms with E-state index >= 15 is 0 Å². The second kappa shape index (κ2) is 5.97. The van der Waals surface area contributed by atoms with E-state index in [9.17, 15) is 9.59 Å². The fraction of sp³-hybridized carbons (Fsp3) is 0.750. The number of nitrogens with one attached hydrogen (secondary N) is 1. The van der Waals surface area contributed by atoms with Crippen molar-refractivity contribution in [3.63, 3.8) is 0 Å². The van der Waals surface area contributed by atoms with Crippen LogP contribution in [0.2, 0.25) is 0 Å². The number of rotatable bonds is 3. The van der Waals surface area contributed by atoms with Crippen LogP contribution in [0.1, 0.15) is 58.8 Å². The molecule has 2 rings (SSSR count). The van der Waals surface area contributed by atoms with Crippen LogP contribution in [0.25, 0.3) is 0 Å². The maximum atomic E-state index is 12.5. The Hall–Kier alpha value is -1.34. The molecule has 20 heavy (non-hydrogen) atoms. The van der Waals surface area contributed by atoms with Crippen LogP contribution in [0.4, 0.5) is 0 Å². The molecular formula is C16H24N2O2. The van der Waals surface area contributed by atoms with Gasteiger partial charge in [0, 0.05) is 6.04 Å². The number of terminal acetylenes is 1. The quantitative estimate of drug-likeness (QED) is 0.486. The normalized spacial score (nSPS) is 25.6. The lowest BCUT2D eigenvalue weighted by atomic mass is 10.0. The van der Waals surface area contributed by atoms with Crippen molar-refractivity contribution in [1.29, 1.82) is 0 Å². The number of likely N-dealkylation sites (tertiary alicyclic amines) is 1. The average molecular weight is 276 g/mol. The molecule has 0 radical (unpaired) electrons. The smallest absolute Gasteiger partial charge is 0.247 e. The lowest BCUT2D eigenvalue weighted by Crippen LogP contribution is -2.50. The van der Waals surface area contributed by atoms with Gasteiger partial charge in [-0.05, 0) is 26.7 Å². The lowest BCUT2D eigenvalue weighted by Gasteiger charge is -2.27. The molecule has 0 aromatic carbocycles. The van der Waals surface area contributed by atoms with Crippen LogP contribution < -0.4 is 5.32 Å². The Morgan fingerprint density at radius 2 is 1.80 bits per heavy atom. The molecule has 1 aliphatic heterocycles. The van der Waals surface area contributed by atoms with Crippen molar-refractivity contribution < 1.29 is 9.59 Å². The van der Waals surface area contributed by atoms with Crippen molar-refractivity contribution in [3.05, 3.63) is 0 Å². The number of hydrogen-bond donors (Lipinski definition) is 1. The minimum atomic E-state index is -0.569. The highest BCUT2D eigenvalue weighted by atomic mass is 16.2. The molecule has 1 saturated carbocycles. The zero-order valence-corrected chi connectivity index (χ0v) is 12.4. The number of hydrogen-bond acceptors (Lipinski definition) is 3. The lowest BCUT2D eigenvalue weighted by molar-refractivity contribution is -0.142. The third-order valence-corrected chi connectivity index (χ3v) is 4.27. The summed E-state index contributed by atoms with van der Waals surface area (Å²) >= 11 is 0. The Bertz CT molecular complexity index is 428. The van der Waals surface area contributed by atoms with Gasteiger partial charge < -0.3 is 0 Å². The molecule has 0 aromatic rings. The minimum Gasteiger partial charge on any atom is -0.290 e. The number of imide groups is 1. The standard InChI is InChI=1S/C16H24N2O2/c1-4-16(2,3)17-13-11-14(19)18(15(13)20)12-9-7-5-6-8-10-12/h1,12-13,17H,5-11H2,2-3H3. The molecule has 1 atom stereocenters. The molecule has 1 aliphatic carbocycles. The molecule has 2 aliphatic rings. The van der Waals surface area contributed by atoms with Crippen LogP contribution in [0.15, 0.2) is 0 Å². The number of carbonyl (C=O) groups is 2. The van der Waals surface area contributed by atoms with Crippen LogP contribution in [0.3, 0.4) is 0 Å². The van der Waals surface area contributed by atoms with E-state index in [1.165, 1.54) is 17.7 Å². The van der Waals surface area contributed by atoms with Gasteiger partial charge in [-0.25, -0.2) is 0 Å². The topological polar surface area (TPSA) is 49.4 Å². The van der Waals surface area contributed by atoms with Crippen molar-refractivity contribution in [3.8, 4) is 12.3 Å². The summed E-state index contributed by atoms with van der Waals surface area (Å²) < 4.78 is 0. The summed E-state index contributed by atoms with van der Waals surface area (Å²) in [6.45, 7) is 3.69. The van der Waals surface area contributed by atoms with Gasteiger partial charge in [-0.3, -0.25) is 19.8 Å². The fourth-order valence-corrected chi connectivity index (χ4v) is 3.14. The second-order valence-corrected chi connectivity index (χ2v) is 6.42. The zero-order valence-electron chi connectivity index (χ0n) is 12.4. The number of carbonyl (C=O) groups excluding carboxylic acids is 2. The van der Waals surface area contributed by atoms with Crippen LogP contribution >= 0.6 is 0 Å². The van der Waals surface area contributed by atoms with E-state index in [1.807, 2.05) is 13.8 Å². The van der Waals surface area contributed by atoms with Gasteiger partial charge in [-0.15, -0.1) is 6.42 Å². The molecule has 2 amide bonds. The monoisotopic (exact) mass is 276 g/mol. The highest BCUT2D eigenvalue weighted by molar-refractivity contribution is 6.05. The van der Waals surface area contributed by atoms with Crippen LogP contribution in [-0.2, 0) is 9.59 Å². The van der Waals surface area contributed by atoms with Gasteiger partial charge in [0.15, 0.2) is 0 Å². The third kappa shape index (κ3) is 3.21. The summed E-state index contributed by atoms with van der Waals surface area (Å²) in [6, 6.07) is -0.366. The summed E-state index contributed by atoms with van der Waals surface area (Å²) in [5, 5.41) is 3.12. The third-order valence-electron chi connectivity index (χ3n) is 4.27. The highest BCUT2D eigenvalue weighted by Crippen LogP contribution is 2.27. The van der Waals surface area contributed by atoms with Crippen molar-refractivity contribution >= 4 is 11.8 Å². The average Bonchev–Trinajstić information content (AvgIpc) is 2.62. The van der Waals surface area contributed by atoms with Gasteiger partial charge in [0.05, 0.1) is 18.0 Å². The minimum absolute atomic E-state index is 0.0489.